The highest BCUT2D eigenvalue weighted by atomic mass is 35.5. The molecule has 2 fully saturated rings. The number of carbonyl (C=O) groups excluding carboxylic acids is 1. The second-order valence-electron chi connectivity index (χ2n) is 6.60. The van der Waals surface area contributed by atoms with Crippen LogP contribution < -0.4 is 5.32 Å². The molecule has 0 unspecified atom stereocenters. The largest absolute Gasteiger partial charge is 0.468 e. The van der Waals surface area contributed by atoms with Crippen LogP contribution in [0.2, 0.25) is 0 Å². The smallest absolute Gasteiger partial charge is 0.316 e. The van der Waals surface area contributed by atoms with E-state index < -0.39 is 15.4 Å². The fourth-order valence-corrected chi connectivity index (χ4v) is 4.83. The lowest BCUT2D eigenvalue weighted by molar-refractivity contribution is -0.143. The van der Waals surface area contributed by atoms with Gasteiger partial charge in [-0.15, -0.1) is 12.4 Å². The number of rotatable bonds is 5. The minimum absolute atomic E-state index is 0. The first-order valence-corrected chi connectivity index (χ1v) is 9.73. The normalized spacial score (nSPS) is 20.0. The van der Waals surface area contributed by atoms with Crippen LogP contribution in [-0.4, -0.2) is 52.0 Å². The number of carbonyl (C=O) groups is 1. The van der Waals surface area contributed by atoms with Crippen LogP contribution in [0.25, 0.3) is 0 Å². The van der Waals surface area contributed by atoms with Crippen LogP contribution >= 0.6 is 12.4 Å². The van der Waals surface area contributed by atoms with Gasteiger partial charge in [0.1, 0.15) is 0 Å². The topological polar surface area (TPSA) is 75.7 Å². The van der Waals surface area contributed by atoms with Gasteiger partial charge in [0.15, 0.2) is 0 Å². The third-order valence-electron chi connectivity index (χ3n) is 5.23. The third kappa shape index (κ3) is 3.69. The van der Waals surface area contributed by atoms with Crippen molar-refractivity contribution in [1.82, 2.24) is 9.62 Å². The van der Waals surface area contributed by atoms with Crippen LogP contribution in [0.15, 0.2) is 29.2 Å². The monoisotopic (exact) mass is 388 g/mol. The van der Waals surface area contributed by atoms with Crippen molar-refractivity contribution in [3.8, 4) is 0 Å². The molecular weight excluding hydrogens is 364 g/mol. The van der Waals surface area contributed by atoms with E-state index >= 15 is 0 Å². The molecule has 3 rings (SSSR count). The van der Waals surface area contributed by atoms with E-state index in [0.717, 1.165) is 44.3 Å². The summed E-state index contributed by atoms with van der Waals surface area (Å²) in [5.74, 6) is -0.245. The van der Waals surface area contributed by atoms with Crippen LogP contribution in [0.4, 0.5) is 0 Å². The summed E-state index contributed by atoms with van der Waals surface area (Å²) >= 11 is 0. The van der Waals surface area contributed by atoms with Crippen molar-refractivity contribution < 1.29 is 17.9 Å². The summed E-state index contributed by atoms with van der Waals surface area (Å²) < 4.78 is 32.0. The molecule has 0 bridgehead atoms. The molecule has 140 valence electrons. The summed E-state index contributed by atoms with van der Waals surface area (Å²) in [5, 5.41) is 3.24. The molecule has 1 N–H and O–H groups in total. The van der Waals surface area contributed by atoms with Gasteiger partial charge < -0.3 is 10.1 Å². The number of nitrogens with one attached hydrogen (secondary N) is 1. The fourth-order valence-electron chi connectivity index (χ4n) is 3.41. The average molecular weight is 389 g/mol. The molecule has 1 aromatic rings. The second kappa shape index (κ2) is 7.61. The molecule has 1 aliphatic carbocycles. The van der Waals surface area contributed by atoms with Crippen molar-refractivity contribution in [2.24, 2.45) is 0 Å². The lowest BCUT2D eigenvalue weighted by Gasteiger charge is -2.30. The molecule has 6 nitrogen and oxygen atoms in total. The maximum Gasteiger partial charge on any atom is 0.316 e. The van der Waals surface area contributed by atoms with Gasteiger partial charge in [-0.3, -0.25) is 4.79 Å². The number of halogens is 1. The molecule has 1 aliphatic heterocycles. The minimum Gasteiger partial charge on any atom is -0.468 e. The van der Waals surface area contributed by atoms with Gasteiger partial charge in [-0.25, -0.2) is 8.42 Å². The summed E-state index contributed by atoms with van der Waals surface area (Å²) in [5.41, 5.74) is 0.260. The van der Waals surface area contributed by atoms with Gasteiger partial charge in [0.05, 0.1) is 17.4 Å². The van der Waals surface area contributed by atoms with E-state index in [1.165, 1.54) is 11.4 Å². The first kappa shape index (κ1) is 20.2. The van der Waals surface area contributed by atoms with Crippen LogP contribution in [0.5, 0.6) is 0 Å². The van der Waals surface area contributed by atoms with Gasteiger partial charge in [0.25, 0.3) is 0 Å². The first-order valence-electron chi connectivity index (χ1n) is 8.29. The number of sulfonamides is 1. The van der Waals surface area contributed by atoms with E-state index in [1.54, 1.807) is 31.3 Å². The molecular formula is C17H25ClN2O4S. The summed E-state index contributed by atoms with van der Waals surface area (Å²) in [6.07, 6.45) is 3.14. The Kier molecular flexibility index (Phi) is 6.14. The Morgan fingerprint density at radius 3 is 2.24 bits per heavy atom. The molecule has 2 aliphatic rings. The van der Waals surface area contributed by atoms with Gasteiger partial charge in [-0.05, 0) is 56.5 Å². The predicted octanol–water partition coefficient (Wildman–Crippen LogP) is 1.69. The molecule has 25 heavy (non-hydrogen) atoms. The Bertz CT molecular complexity index is 711. The van der Waals surface area contributed by atoms with Crippen LogP contribution in [0.1, 0.15) is 31.2 Å². The molecule has 0 aromatic heterocycles. The van der Waals surface area contributed by atoms with Gasteiger partial charge in [-0.1, -0.05) is 12.1 Å². The molecule has 0 spiro atoms. The van der Waals surface area contributed by atoms with E-state index in [0.29, 0.717) is 0 Å². The first-order chi connectivity index (χ1) is 11.4. The fraction of sp³-hybridized carbons (Fsp3) is 0.588. The molecule has 1 saturated carbocycles. The molecule has 0 amide bonds. The molecule has 1 saturated heterocycles. The molecule has 8 heteroatoms. The lowest BCUT2D eigenvalue weighted by Crippen LogP contribution is -2.43. The lowest BCUT2D eigenvalue weighted by atomic mass is 9.96. The molecule has 1 heterocycles. The quantitative estimate of drug-likeness (QED) is 0.777. The highest BCUT2D eigenvalue weighted by molar-refractivity contribution is 7.89. The van der Waals surface area contributed by atoms with Crippen molar-refractivity contribution in [2.45, 2.75) is 42.0 Å². The average Bonchev–Trinajstić information content (AvgIpc) is 3.43. The second-order valence-corrected chi connectivity index (χ2v) is 8.60. The Morgan fingerprint density at radius 1 is 1.20 bits per heavy atom. The van der Waals surface area contributed by atoms with Gasteiger partial charge in [0.2, 0.25) is 10.0 Å². The van der Waals surface area contributed by atoms with Crippen molar-refractivity contribution in [2.75, 3.05) is 27.2 Å². The summed E-state index contributed by atoms with van der Waals surface area (Å²) in [4.78, 5) is 12.2. The van der Waals surface area contributed by atoms with Gasteiger partial charge in [0, 0.05) is 13.1 Å². The van der Waals surface area contributed by atoms with Gasteiger partial charge >= 0.3 is 5.97 Å². The van der Waals surface area contributed by atoms with Crippen LogP contribution in [0.3, 0.4) is 0 Å². The van der Waals surface area contributed by atoms with Crippen LogP contribution in [-0.2, 0) is 25.0 Å². The minimum atomic E-state index is -3.52. The Labute approximate surface area is 155 Å². The molecule has 0 radical (unpaired) electrons. The third-order valence-corrected chi connectivity index (χ3v) is 7.16. The van der Waals surface area contributed by atoms with Crippen molar-refractivity contribution in [3.05, 3.63) is 29.8 Å². The van der Waals surface area contributed by atoms with Crippen molar-refractivity contribution >= 4 is 28.4 Å². The number of methoxy groups -OCH3 is 1. The van der Waals surface area contributed by atoms with E-state index in [1.807, 2.05) is 0 Å². The number of esters is 1. The number of hydrogen-bond acceptors (Lipinski definition) is 5. The van der Waals surface area contributed by atoms with Crippen molar-refractivity contribution in [3.63, 3.8) is 0 Å². The highest BCUT2D eigenvalue weighted by Crippen LogP contribution is 2.49. The summed E-state index contributed by atoms with van der Waals surface area (Å²) in [6, 6.07) is 6.72. The highest BCUT2D eigenvalue weighted by Gasteiger charge is 2.52. The Hall–Kier alpha value is -1.15. The van der Waals surface area contributed by atoms with Crippen molar-refractivity contribution in [1.29, 1.82) is 0 Å². The number of piperidine rings is 1. The Balaban J connectivity index is 0.00000225. The van der Waals surface area contributed by atoms with E-state index in [4.69, 9.17) is 4.74 Å². The van der Waals surface area contributed by atoms with E-state index in [9.17, 15) is 13.2 Å². The van der Waals surface area contributed by atoms with E-state index in [2.05, 4.69) is 5.32 Å². The Morgan fingerprint density at radius 2 is 1.76 bits per heavy atom. The molecule has 0 atom stereocenters. The maximum atomic E-state index is 12.8. The summed E-state index contributed by atoms with van der Waals surface area (Å²) in [6.45, 7) is 1.68. The zero-order chi connectivity index (χ0) is 17.4. The zero-order valence-corrected chi connectivity index (χ0v) is 16.2. The molecule has 1 aromatic carbocycles. The SMILES string of the molecule is COC(=O)C1(c2ccc(S(=O)(=O)N(C)C3CCNCC3)cc2)CC1.Cl. The standard InChI is InChI=1S/C17H24N2O4S.ClH/c1-19(14-7-11-18-12-8-14)24(21,22)15-5-3-13(4-6-15)17(9-10-17)16(20)23-2;/h3-6,14,18H,7-12H2,1-2H3;1H. The number of nitrogens with zero attached hydrogens (tertiary/aromatic N) is 1. The predicted molar refractivity (Wildman–Crippen MR) is 97.5 cm³/mol. The maximum absolute atomic E-state index is 12.8. The number of benzene rings is 1. The van der Waals surface area contributed by atoms with Crippen LogP contribution in [0, 0.1) is 0 Å². The van der Waals surface area contributed by atoms with Gasteiger partial charge in [-0.2, -0.15) is 4.31 Å². The number of hydrogen-bond donors (Lipinski definition) is 1. The summed E-state index contributed by atoms with van der Waals surface area (Å²) in [7, 11) is -0.484. The zero-order valence-electron chi connectivity index (χ0n) is 14.5. The number of ether oxygens (including phenoxy) is 1. The van der Waals surface area contributed by atoms with E-state index in [-0.39, 0.29) is 29.3 Å².